The Morgan fingerprint density at radius 1 is 1.21 bits per heavy atom. The molecule has 0 heterocycles. The van der Waals surface area contributed by atoms with Crippen molar-refractivity contribution in [3.63, 3.8) is 0 Å². The molecule has 2 aromatic rings. The molecule has 0 unspecified atom stereocenters. The number of aromatic hydroxyl groups is 1. The van der Waals surface area contributed by atoms with Crippen LogP contribution in [0.3, 0.4) is 0 Å². The molecule has 0 atom stereocenters. The summed E-state index contributed by atoms with van der Waals surface area (Å²) in [6, 6.07) is 10.2. The fourth-order valence-electron chi connectivity index (χ4n) is 2.71. The summed E-state index contributed by atoms with van der Waals surface area (Å²) in [5.41, 5.74) is 4.57. The molecule has 0 aliphatic rings. The number of ether oxygens (including phenoxy) is 1. The number of anilines is 1. The van der Waals surface area contributed by atoms with E-state index < -0.39 is 22.5 Å². The molecule has 8 nitrogen and oxygen atoms in total. The Balaban J connectivity index is 2.18. The molecule has 0 saturated heterocycles. The van der Waals surface area contributed by atoms with Gasteiger partial charge in [0.2, 0.25) is 10.0 Å². The second kappa shape index (κ2) is 8.75. The van der Waals surface area contributed by atoms with E-state index in [1.807, 2.05) is 6.07 Å². The van der Waals surface area contributed by atoms with Crippen molar-refractivity contribution in [1.82, 2.24) is 5.43 Å². The van der Waals surface area contributed by atoms with E-state index in [4.69, 9.17) is 4.74 Å². The molecule has 2 rings (SSSR count). The number of nitrogens with one attached hydrogen (secondary N) is 1. The zero-order valence-electron chi connectivity index (χ0n) is 16.1. The van der Waals surface area contributed by atoms with Crippen molar-refractivity contribution >= 4 is 27.8 Å². The van der Waals surface area contributed by atoms with Gasteiger partial charge in [-0.1, -0.05) is 24.3 Å². The number of hydrogen-bond donors (Lipinski definition) is 2. The Morgan fingerprint density at radius 2 is 1.82 bits per heavy atom. The van der Waals surface area contributed by atoms with Crippen molar-refractivity contribution in [2.45, 2.75) is 13.8 Å². The average molecular weight is 405 g/mol. The van der Waals surface area contributed by atoms with Crippen LogP contribution in [0, 0.1) is 13.8 Å². The third-order valence-electron chi connectivity index (χ3n) is 4.02. The zero-order valence-corrected chi connectivity index (χ0v) is 16.9. The van der Waals surface area contributed by atoms with Crippen LogP contribution in [0.1, 0.15) is 16.7 Å². The van der Waals surface area contributed by atoms with Gasteiger partial charge in [0, 0.05) is 5.56 Å². The van der Waals surface area contributed by atoms with Crippen molar-refractivity contribution in [1.29, 1.82) is 0 Å². The smallest absolute Gasteiger partial charge is 0.260 e. The molecule has 0 radical (unpaired) electrons. The maximum absolute atomic E-state index is 12.3. The quantitative estimate of drug-likeness (QED) is 0.541. The summed E-state index contributed by atoms with van der Waals surface area (Å²) in [4.78, 5) is 12.3. The van der Waals surface area contributed by atoms with Gasteiger partial charge in [0.15, 0.2) is 11.5 Å². The molecular weight excluding hydrogens is 382 g/mol. The van der Waals surface area contributed by atoms with E-state index >= 15 is 0 Å². The summed E-state index contributed by atoms with van der Waals surface area (Å²) in [6.45, 7) is 3.14. The topological polar surface area (TPSA) is 108 Å². The minimum absolute atomic E-state index is 0.115. The molecule has 0 spiro atoms. The van der Waals surface area contributed by atoms with Crippen LogP contribution >= 0.6 is 0 Å². The maximum atomic E-state index is 12.3. The first-order valence-corrected chi connectivity index (χ1v) is 10.2. The van der Waals surface area contributed by atoms with Crippen LogP contribution in [0.15, 0.2) is 41.5 Å². The number of hydrazone groups is 1. The minimum Gasteiger partial charge on any atom is -0.504 e. The first kappa shape index (κ1) is 21.2. The Morgan fingerprint density at radius 3 is 2.39 bits per heavy atom. The molecule has 2 N–H and O–H groups in total. The average Bonchev–Trinajstić information content (AvgIpc) is 2.61. The molecule has 28 heavy (non-hydrogen) atoms. The number of rotatable bonds is 7. The van der Waals surface area contributed by atoms with Crippen LogP contribution in [0.25, 0.3) is 0 Å². The fourth-order valence-corrected chi connectivity index (χ4v) is 3.68. The van der Waals surface area contributed by atoms with E-state index in [0.717, 1.165) is 21.7 Å². The van der Waals surface area contributed by atoms with Gasteiger partial charge in [0.05, 0.1) is 25.3 Å². The predicted molar refractivity (Wildman–Crippen MR) is 109 cm³/mol. The number of hydrogen-bond acceptors (Lipinski definition) is 6. The molecule has 0 aliphatic carbocycles. The highest BCUT2D eigenvalue weighted by Crippen LogP contribution is 2.28. The lowest BCUT2D eigenvalue weighted by Gasteiger charge is -2.25. The molecular formula is C19H23N3O5S. The number of carbonyl (C=O) groups is 1. The highest BCUT2D eigenvalue weighted by Gasteiger charge is 2.23. The Kier molecular flexibility index (Phi) is 6.63. The number of methoxy groups -OCH3 is 1. The Hall–Kier alpha value is -3.07. The molecule has 0 bridgehead atoms. The first-order chi connectivity index (χ1) is 13.1. The second-order valence-electron chi connectivity index (χ2n) is 6.20. The standard InChI is InChI=1S/C19H23N3O5S/c1-13-7-5-8-14(2)18(13)22(28(4,25)26)12-17(23)21-20-11-15-9-6-10-16(27-3)19(15)24/h5-11,24H,12H2,1-4H3,(H,21,23)/b20-11-. The van der Waals surface area contributed by atoms with Crippen molar-refractivity contribution in [3.8, 4) is 11.5 Å². The molecule has 1 amide bonds. The van der Waals surface area contributed by atoms with Crippen molar-refractivity contribution < 1.29 is 23.1 Å². The van der Waals surface area contributed by atoms with Gasteiger partial charge in [0.1, 0.15) is 6.54 Å². The first-order valence-electron chi connectivity index (χ1n) is 8.37. The Labute approximate surface area is 164 Å². The number of amides is 1. The van der Waals surface area contributed by atoms with Gasteiger partial charge in [-0.25, -0.2) is 13.8 Å². The van der Waals surface area contributed by atoms with E-state index in [9.17, 15) is 18.3 Å². The van der Waals surface area contributed by atoms with Crippen LogP contribution in [-0.4, -0.2) is 45.6 Å². The van der Waals surface area contributed by atoms with Crippen molar-refractivity contribution in [3.05, 3.63) is 53.1 Å². The largest absolute Gasteiger partial charge is 0.504 e. The third kappa shape index (κ3) is 5.01. The van der Waals surface area contributed by atoms with Gasteiger partial charge < -0.3 is 9.84 Å². The zero-order chi connectivity index (χ0) is 20.9. The minimum atomic E-state index is -3.69. The summed E-state index contributed by atoms with van der Waals surface area (Å²) < 4.78 is 30.5. The molecule has 0 aromatic heterocycles. The number of benzene rings is 2. The summed E-state index contributed by atoms with van der Waals surface area (Å²) in [5.74, 6) is -0.462. The van der Waals surface area contributed by atoms with E-state index in [2.05, 4.69) is 10.5 Å². The second-order valence-corrected chi connectivity index (χ2v) is 8.11. The predicted octanol–water partition coefficient (Wildman–Crippen LogP) is 1.93. The molecule has 9 heteroatoms. The molecule has 2 aromatic carbocycles. The summed E-state index contributed by atoms with van der Waals surface area (Å²) in [6.07, 6.45) is 2.29. The lowest BCUT2D eigenvalue weighted by Crippen LogP contribution is -2.39. The summed E-state index contributed by atoms with van der Waals surface area (Å²) in [5, 5.41) is 13.8. The van der Waals surface area contributed by atoms with Crippen LogP contribution in [0.4, 0.5) is 5.69 Å². The monoisotopic (exact) mass is 405 g/mol. The molecule has 0 fully saturated rings. The van der Waals surface area contributed by atoms with E-state index in [1.54, 1.807) is 44.2 Å². The van der Waals surface area contributed by atoms with Crippen molar-refractivity contribution in [2.24, 2.45) is 5.10 Å². The highest BCUT2D eigenvalue weighted by molar-refractivity contribution is 7.92. The van der Waals surface area contributed by atoms with E-state index in [-0.39, 0.29) is 11.5 Å². The number of nitrogens with zero attached hydrogens (tertiary/aromatic N) is 2. The number of sulfonamides is 1. The number of phenolic OH excluding ortho intramolecular Hbond substituents is 1. The maximum Gasteiger partial charge on any atom is 0.260 e. The number of carbonyl (C=O) groups excluding carboxylic acids is 1. The normalized spacial score (nSPS) is 11.4. The lowest BCUT2D eigenvalue weighted by molar-refractivity contribution is -0.119. The summed E-state index contributed by atoms with van der Waals surface area (Å²) >= 11 is 0. The van der Waals surface area contributed by atoms with Gasteiger partial charge >= 0.3 is 0 Å². The number of phenols is 1. The third-order valence-corrected chi connectivity index (χ3v) is 5.13. The van der Waals surface area contributed by atoms with Crippen molar-refractivity contribution in [2.75, 3.05) is 24.2 Å². The molecule has 0 aliphatic heterocycles. The van der Waals surface area contributed by atoms with Gasteiger partial charge in [-0.15, -0.1) is 0 Å². The van der Waals surface area contributed by atoms with E-state index in [0.29, 0.717) is 11.3 Å². The fraction of sp³-hybridized carbons (Fsp3) is 0.263. The molecule has 150 valence electrons. The van der Waals surface area contributed by atoms with Gasteiger partial charge in [-0.2, -0.15) is 5.10 Å². The highest BCUT2D eigenvalue weighted by atomic mass is 32.2. The van der Waals surface area contributed by atoms with Crippen LogP contribution < -0.4 is 14.5 Å². The molecule has 0 saturated carbocycles. The summed E-state index contributed by atoms with van der Waals surface area (Å²) in [7, 11) is -2.27. The van der Waals surface area contributed by atoms with E-state index in [1.165, 1.54) is 13.3 Å². The van der Waals surface area contributed by atoms with Crippen LogP contribution in [-0.2, 0) is 14.8 Å². The lowest BCUT2D eigenvalue weighted by atomic mass is 10.1. The SMILES string of the molecule is COc1cccc(/C=N\NC(=O)CN(c2c(C)cccc2C)S(C)(=O)=O)c1O. The van der Waals surface area contributed by atoms with Gasteiger partial charge in [0.25, 0.3) is 5.91 Å². The van der Waals surface area contributed by atoms with Crippen LogP contribution in [0.2, 0.25) is 0 Å². The number of aryl methyl sites for hydroxylation is 2. The van der Waals surface area contributed by atoms with Crippen LogP contribution in [0.5, 0.6) is 11.5 Å². The van der Waals surface area contributed by atoms with Gasteiger partial charge in [-0.3, -0.25) is 9.10 Å². The Bertz CT molecular complexity index is 982. The van der Waals surface area contributed by atoms with Gasteiger partial charge in [-0.05, 0) is 37.1 Å². The number of para-hydroxylation sites is 2.